The summed E-state index contributed by atoms with van der Waals surface area (Å²) >= 11 is 0. The van der Waals surface area contributed by atoms with Crippen molar-refractivity contribution in [2.75, 3.05) is 11.9 Å². The number of rotatable bonds is 1. The molecule has 0 bridgehead atoms. The molecule has 0 saturated carbocycles. The fraction of sp³-hybridized carbons (Fsp3) is 0.100. The van der Waals surface area contributed by atoms with E-state index in [-0.39, 0.29) is 18.4 Å². The molecule has 1 aromatic heterocycles. The van der Waals surface area contributed by atoms with Crippen molar-refractivity contribution in [1.29, 1.82) is 0 Å². The van der Waals surface area contributed by atoms with Crippen LogP contribution >= 0.6 is 12.4 Å². The minimum Gasteiger partial charge on any atom is -0.294 e. The maximum atomic E-state index is 11.6. The van der Waals surface area contributed by atoms with Crippen LogP contribution in [-0.2, 0) is 0 Å². The average Bonchev–Trinajstić information content (AvgIpc) is 2.31. The number of carbonyl (C=O) groups is 1. The zero-order valence-electron chi connectivity index (χ0n) is 8.41. The monoisotopic (exact) mass is 238 g/mol. The Hall–Kier alpha value is -1.88. The van der Waals surface area contributed by atoms with Gasteiger partial charge in [-0.2, -0.15) is 0 Å². The molecular weight excluding hydrogens is 228 g/mol. The van der Waals surface area contributed by atoms with E-state index in [4.69, 9.17) is 0 Å². The normalized spacial score (nSPS) is 13.1. The van der Waals surface area contributed by atoms with E-state index in [1.54, 1.807) is 36.9 Å². The highest BCUT2D eigenvalue weighted by atomic mass is 35.5. The lowest BCUT2D eigenvalue weighted by Gasteiger charge is -2.17. The van der Waals surface area contributed by atoms with Crippen LogP contribution in [0.2, 0.25) is 0 Å². The number of anilines is 1. The Morgan fingerprint density at radius 1 is 1.44 bits per heavy atom. The van der Waals surface area contributed by atoms with Gasteiger partial charge in [0.15, 0.2) is 0 Å². The number of aromatic nitrogens is 1. The van der Waals surface area contributed by atoms with Crippen molar-refractivity contribution in [1.82, 2.24) is 9.88 Å². The molecule has 0 aromatic carbocycles. The molecule has 2 heterocycles. The smallest absolute Gasteiger partial charge is 0.294 e. The molecule has 2 rings (SSSR count). The number of pyridine rings is 1. The van der Waals surface area contributed by atoms with Crippen molar-refractivity contribution in [2.45, 2.75) is 0 Å². The molecule has 0 radical (unpaired) electrons. The summed E-state index contributed by atoms with van der Waals surface area (Å²) in [7, 11) is 0. The van der Waals surface area contributed by atoms with Gasteiger partial charge in [-0.25, -0.2) is 9.78 Å². The van der Waals surface area contributed by atoms with Gasteiger partial charge in [0, 0.05) is 24.8 Å². The number of aliphatic imine (C=N–C) groups is 1. The summed E-state index contributed by atoms with van der Waals surface area (Å²) < 4.78 is 0. The summed E-state index contributed by atoms with van der Waals surface area (Å²) in [4.78, 5) is 21.0. The van der Waals surface area contributed by atoms with E-state index >= 15 is 0 Å². The third-order valence-electron chi connectivity index (χ3n) is 1.88. The van der Waals surface area contributed by atoms with Crippen LogP contribution in [0.5, 0.6) is 0 Å². The number of urea groups is 1. The zero-order valence-corrected chi connectivity index (χ0v) is 9.22. The van der Waals surface area contributed by atoms with Gasteiger partial charge in [-0.15, -0.1) is 12.4 Å². The average molecular weight is 239 g/mol. The Labute approximate surface area is 99.3 Å². The summed E-state index contributed by atoms with van der Waals surface area (Å²) in [6.45, 7) is 0.481. The van der Waals surface area contributed by atoms with Gasteiger partial charge >= 0.3 is 6.03 Å². The predicted molar refractivity (Wildman–Crippen MR) is 64.8 cm³/mol. The number of hydrogen-bond donors (Lipinski definition) is 1. The van der Waals surface area contributed by atoms with Crippen LogP contribution in [0.4, 0.5) is 10.6 Å². The first kappa shape index (κ1) is 12.2. The fourth-order valence-corrected chi connectivity index (χ4v) is 1.14. The van der Waals surface area contributed by atoms with Crippen LogP contribution < -0.4 is 5.32 Å². The number of hydrogen-bond acceptors (Lipinski definition) is 3. The van der Waals surface area contributed by atoms with Crippen LogP contribution in [0.1, 0.15) is 0 Å². The Kier molecular flexibility index (Phi) is 4.47. The Morgan fingerprint density at radius 2 is 2.31 bits per heavy atom. The van der Waals surface area contributed by atoms with Crippen molar-refractivity contribution < 1.29 is 4.79 Å². The third kappa shape index (κ3) is 3.06. The van der Waals surface area contributed by atoms with Gasteiger partial charge in [-0.3, -0.25) is 15.2 Å². The number of nitrogens with one attached hydrogen (secondary N) is 1. The van der Waals surface area contributed by atoms with E-state index in [2.05, 4.69) is 15.3 Å². The molecule has 1 aliphatic rings. The zero-order chi connectivity index (χ0) is 10.5. The second-order valence-electron chi connectivity index (χ2n) is 2.93. The second-order valence-corrected chi connectivity index (χ2v) is 2.93. The Bertz CT molecular complexity index is 405. The SMILES string of the molecule is Cl.O=C(Nc1ccccn1)N1C=CN=CC1. The first-order valence-electron chi connectivity index (χ1n) is 4.53. The molecule has 5 nitrogen and oxygen atoms in total. The van der Waals surface area contributed by atoms with Gasteiger partial charge in [0.05, 0.1) is 6.54 Å². The van der Waals surface area contributed by atoms with E-state index in [1.165, 1.54) is 4.90 Å². The topological polar surface area (TPSA) is 57.6 Å². The van der Waals surface area contributed by atoms with Crippen molar-refractivity contribution in [2.24, 2.45) is 4.99 Å². The van der Waals surface area contributed by atoms with E-state index < -0.39 is 0 Å². The maximum Gasteiger partial charge on any atom is 0.327 e. The molecule has 0 fully saturated rings. The quantitative estimate of drug-likeness (QED) is 0.812. The minimum absolute atomic E-state index is 0. The molecule has 0 atom stereocenters. The van der Waals surface area contributed by atoms with E-state index in [0.717, 1.165) is 0 Å². The summed E-state index contributed by atoms with van der Waals surface area (Å²) in [5.41, 5.74) is 0. The molecule has 0 aliphatic carbocycles. The highest BCUT2D eigenvalue weighted by molar-refractivity contribution is 5.90. The largest absolute Gasteiger partial charge is 0.327 e. The van der Waals surface area contributed by atoms with Gasteiger partial charge < -0.3 is 0 Å². The minimum atomic E-state index is -0.212. The fourth-order valence-electron chi connectivity index (χ4n) is 1.14. The van der Waals surface area contributed by atoms with Crippen LogP contribution in [0.15, 0.2) is 41.8 Å². The summed E-state index contributed by atoms with van der Waals surface area (Å²) in [6, 6.07) is 5.13. The van der Waals surface area contributed by atoms with Gasteiger partial charge in [0.1, 0.15) is 5.82 Å². The van der Waals surface area contributed by atoms with Crippen molar-refractivity contribution in [3.8, 4) is 0 Å². The predicted octanol–water partition coefficient (Wildman–Crippen LogP) is 1.89. The molecular formula is C10H11ClN4O. The van der Waals surface area contributed by atoms with Gasteiger partial charge in [-0.05, 0) is 12.1 Å². The number of carbonyl (C=O) groups excluding carboxylic acids is 1. The first-order chi connectivity index (χ1) is 7.36. The van der Waals surface area contributed by atoms with Gasteiger partial charge in [0.25, 0.3) is 0 Å². The molecule has 0 unspecified atom stereocenters. The highest BCUT2D eigenvalue weighted by Gasteiger charge is 2.11. The van der Waals surface area contributed by atoms with Crippen LogP contribution in [0, 0.1) is 0 Å². The van der Waals surface area contributed by atoms with Crippen molar-refractivity contribution in [3.63, 3.8) is 0 Å². The molecule has 2 amide bonds. The highest BCUT2D eigenvalue weighted by Crippen LogP contribution is 2.03. The maximum absolute atomic E-state index is 11.6. The molecule has 0 saturated heterocycles. The molecule has 6 heteroatoms. The lowest BCUT2D eigenvalue weighted by atomic mass is 10.4. The van der Waals surface area contributed by atoms with Gasteiger partial charge in [-0.1, -0.05) is 6.07 Å². The molecule has 0 spiro atoms. The van der Waals surface area contributed by atoms with E-state index in [1.807, 2.05) is 6.07 Å². The summed E-state index contributed by atoms with van der Waals surface area (Å²) in [5.74, 6) is 0.540. The van der Waals surface area contributed by atoms with E-state index in [0.29, 0.717) is 12.4 Å². The van der Waals surface area contributed by atoms with Crippen LogP contribution in [0.3, 0.4) is 0 Å². The lowest BCUT2D eigenvalue weighted by molar-refractivity contribution is 0.232. The lowest BCUT2D eigenvalue weighted by Crippen LogP contribution is -2.33. The van der Waals surface area contributed by atoms with Crippen molar-refractivity contribution in [3.05, 3.63) is 36.8 Å². The molecule has 1 aliphatic heterocycles. The molecule has 16 heavy (non-hydrogen) atoms. The number of nitrogens with zero attached hydrogens (tertiary/aromatic N) is 3. The third-order valence-corrected chi connectivity index (χ3v) is 1.88. The van der Waals surface area contributed by atoms with Crippen LogP contribution in [0.25, 0.3) is 0 Å². The first-order valence-corrected chi connectivity index (χ1v) is 4.53. The summed E-state index contributed by atoms with van der Waals surface area (Å²) in [5, 5.41) is 2.67. The second kappa shape index (κ2) is 5.87. The number of halogens is 1. The molecule has 1 aromatic rings. The van der Waals surface area contributed by atoms with Crippen LogP contribution in [-0.4, -0.2) is 28.7 Å². The molecule has 84 valence electrons. The van der Waals surface area contributed by atoms with E-state index in [9.17, 15) is 4.79 Å². The standard InChI is InChI=1S/C10H10N4O.ClH/c15-10(14-7-5-11-6-8-14)13-9-3-1-2-4-12-9;/h1-7H,8H2,(H,12,13,15);1H. The van der Waals surface area contributed by atoms with Crippen molar-refractivity contribution >= 4 is 30.5 Å². The Balaban J connectivity index is 0.00000128. The summed E-state index contributed by atoms with van der Waals surface area (Å²) in [6.07, 6.45) is 6.49. The Morgan fingerprint density at radius 3 is 2.94 bits per heavy atom. The number of amides is 2. The molecule has 1 N–H and O–H groups in total. The van der Waals surface area contributed by atoms with Gasteiger partial charge in [0.2, 0.25) is 0 Å².